The number of methoxy groups -OCH3 is 1. The van der Waals surface area contributed by atoms with Crippen molar-refractivity contribution in [1.29, 1.82) is 0 Å². The molecule has 0 atom stereocenters. The van der Waals surface area contributed by atoms with Crippen LogP contribution in [0.3, 0.4) is 0 Å². The van der Waals surface area contributed by atoms with Gasteiger partial charge in [0.1, 0.15) is 4.90 Å². The molecule has 0 fully saturated rings. The number of sulfonamides is 1. The third-order valence-corrected chi connectivity index (χ3v) is 6.35. The molecule has 8 heteroatoms. The summed E-state index contributed by atoms with van der Waals surface area (Å²) in [5.74, 6) is 0. The first-order chi connectivity index (χ1) is 10.4. The summed E-state index contributed by atoms with van der Waals surface area (Å²) in [6.45, 7) is 4.48. The van der Waals surface area contributed by atoms with Crippen molar-refractivity contribution < 1.29 is 13.2 Å². The maximum atomic E-state index is 13.0. The Morgan fingerprint density at radius 3 is 2.64 bits per heavy atom. The van der Waals surface area contributed by atoms with Gasteiger partial charge in [-0.3, -0.25) is 4.68 Å². The van der Waals surface area contributed by atoms with Crippen molar-refractivity contribution in [1.82, 2.24) is 14.1 Å². The monoisotopic (exact) mass is 343 g/mol. The quantitative estimate of drug-likeness (QED) is 0.771. The normalized spacial score (nSPS) is 12.2. The lowest BCUT2D eigenvalue weighted by atomic mass is 10.3. The van der Waals surface area contributed by atoms with Gasteiger partial charge in [0.15, 0.2) is 0 Å². The van der Waals surface area contributed by atoms with E-state index in [1.807, 2.05) is 16.8 Å². The number of ether oxygens (including phenoxy) is 1. The van der Waals surface area contributed by atoms with Crippen molar-refractivity contribution in [3.05, 3.63) is 33.8 Å². The second-order valence-electron chi connectivity index (χ2n) is 5.09. The van der Waals surface area contributed by atoms with Crippen molar-refractivity contribution in [2.45, 2.75) is 25.3 Å². The molecule has 6 nitrogen and oxygen atoms in total. The average Bonchev–Trinajstić information content (AvgIpc) is 3.03. The van der Waals surface area contributed by atoms with Crippen LogP contribution in [0.5, 0.6) is 0 Å². The predicted molar refractivity (Wildman–Crippen MR) is 86.5 cm³/mol. The van der Waals surface area contributed by atoms with E-state index in [0.717, 1.165) is 5.56 Å². The fourth-order valence-corrected chi connectivity index (χ4v) is 4.79. The molecule has 0 spiro atoms. The van der Waals surface area contributed by atoms with E-state index in [9.17, 15) is 8.42 Å². The fraction of sp³-hybridized carbons (Fsp3) is 0.500. The minimum absolute atomic E-state index is 0.293. The zero-order valence-electron chi connectivity index (χ0n) is 13.2. The minimum atomic E-state index is -3.62. The summed E-state index contributed by atoms with van der Waals surface area (Å²) in [6, 6.07) is 1.93. The summed E-state index contributed by atoms with van der Waals surface area (Å²) < 4.78 is 34.2. The lowest BCUT2D eigenvalue weighted by Crippen LogP contribution is -2.34. The Bertz CT molecular complexity index is 721. The highest BCUT2D eigenvalue weighted by Crippen LogP contribution is 2.24. The highest BCUT2D eigenvalue weighted by atomic mass is 32.2. The topological polar surface area (TPSA) is 64.4 Å². The lowest BCUT2D eigenvalue weighted by Gasteiger charge is -2.21. The van der Waals surface area contributed by atoms with Crippen molar-refractivity contribution >= 4 is 21.4 Å². The van der Waals surface area contributed by atoms with Gasteiger partial charge in [-0.15, -0.1) is 0 Å². The van der Waals surface area contributed by atoms with Gasteiger partial charge in [0.25, 0.3) is 0 Å². The van der Waals surface area contributed by atoms with Crippen LogP contribution < -0.4 is 0 Å². The smallest absolute Gasteiger partial charge is 0.247 e. The van der Waals surface area contributed by atoms with E-state index < -0.39 is 10.0 Å². The number of hydrogen-bond acceptors (Lipinski definition) is 5. The molecule has 0 aromatic carbocycles. The SMILES string of the molecule is COCCN(Cc1ccsc1)S(=O)(=O)c1c(C)nn(C)c1C. The number of aryl methyl sites for hydroxylation is 2. The van der Waals surface area contributed by atoms with Crippen LogP contribution >= 0.6 is 11.3 Å². The van der Waals surface area contributed by atoms with Gasteiger partial charge in [0, 0.05) is 27.2 Å². The molecular formula is C14H21N3O3S2. The highest BCUT2D eigenvalue weighted by Gasteiger charge is 2.30. The molecule has 0 saturated carbocycles. The van der Waals surface area contributed by atoms with Gasteiger partial charge in [-0.1, -0.05) is 0 Å². The van der Waals surface area contributed by atoms with E-state index in [0.29, 0.717) is 36.0 Å². The van der Waals surface area contributed by atoms with E-state index in [1.54, 1.807) is 44.0 Å². The van der Waals surface area contributed by atoms with Crippen molar-refractivity contribution in [2.24, 2.45) is 7.05 Å². The Morgan fingerprint density at radius 1 is 1.41 bits per heavy atom. The van der Waals surface area contributed by atoms with Gasteiger partial charge >= 0.3 is 0 Å². The molecule has 0 amide bonds. The van der Waals surface area contributed by atoms with E-state index in [4.69, 9.17) is 4.74 Å². The molecule has 0 aliphatic heterocycles. The number of hydrogen-bond donors (Lipinski definition) is 0. The van der Waals surface area contributed by atoms with Crippen LogP contribution in [0, 0.1) is 13.8 Å². The molecule has 2 aromatic heterocycles. The molecule has 0 saturated heterocycles. The van der Waals surface area contributed by atoms with Crippen molar-refractivity contribution in [3.8, 4) is 0 Å². The highest BCUT2D eigenvalue weighted by molar-refractivity contribution is 7.89. The summed E-state index contributed by atoms with van der Waals surface area (Å²) in [5, 5.41) is 8.12. The van der Waals surface area contributed by atoms with E-state index >= 15 is 0 Å². The van der Waals surface area contributed by atoms with Crippen molar-refractivity contribution in [3.63, 3.8) is 0 Å². The molecule has 122 valence electrons. The molecule has 2 heterocycles. The molecule has 2 aromatic rings. The molecule has 0 unspecified atom stereocenters. The Hall–Kier alpha value is -1.22. The van der Waals surface area contributed by atoms with Crippen LogP contribution in [-0.2, 0) is 28.4 Å². The third-order valence-electron chi connectivity index (χ3n) is 3.52. The van der Waals surface area contributed by atoms with E-state index in [1.165, 1.54) is 4.31 Å². The van der Waals surface area contributed by atoms with Gasteiger partial charge in [-0.2, -0.15) is 20.7 Å². The Kier molecular flexibility index (Phi) is 5.38. The standard InChI is InChI=1S/C14H21N3O3S2/c1-11-14(12(2)16(3)15-11)22(18,19)17(6-7-20-4)9-13-5-8-21-10-13/h5,8,10H,6-7,9H2,1-4H3. The van der Waals surface area contributed by atoms with E-state index in [-0.39, 0.29) is 0 Å². The molecule has 2 rings (SSSR count). The number of nitrogens with zero attached hydrogens (tertiary/aromatic N) is 3. The maximum absolute atomic E-state index is 13.0. The van der Waals surface area contributed by atoms with Crippen LogP contribution in [0.2, 0.25) is 0 Å². The van der Waals surface area contributed by atoms with E-state index in [2.05, 4.69) is 5.10 Å². The average molecular weight is 343 g/mol. The van der Waals surface area contributed by atoms with Crippen LogP contribution in [0.1, 0.15) is 17.0 Å². The van der Waals surface area contributed by atoms with Gasteiger partial charge in [0.2, 0.25) is 10.0 Å². The second-order valence-corrected chi connectivity index (χ2v) is 7.74. The maximum Gasteiger partial charge on any atom is 0.247 e. The van der Waals surface area contributed by atoms with Gasteiger partial charge in [-0.25, -0.2) is 8.42 Å². The zero-order valence-corrected chi connectivity index (χ0v) is 14.9. The Labute approximate surface area is 135 Å². The third kappa shape index (κ3) is 3.40. The lowest BCUT2D eigenvalue weighted by molar-refractivity contribution is 0.177. The molecule has 0 N–H and O–H groups in total. The first-order valence-electron chi connectivity index (χ1n) is 6.88. The molecule has 0 aliphatic carbocycles. The van der Waals surface area contributed by atoms with Crippen LogP contribution in [0.4, 0.5) is 0 Å². The molecule has 22 heavy (non-hydrogen) atoms. The van der Waals surface area contributed by atoms with Gasteiger partial charge in [-0.05, 0) is 36.2 Å². The zero-order chi connectivity index (χ0) is 16.3. The summed E-state index contributed by atoms with van der Waals surface area (Å²) >= 11 is 1.55. The largest absolute Gasteiger partial charge is 0.383 e. The van der Waals surface area contributed by atoms with Gasteiger partial charge < -0.3 is 4.74 Å². The van der Waals surface area contributed by atoms with Crippen molar-refractivity contribution in [2.75, 3.05) is 20.3 Å². The number of aromatic nitrogens is 2. The number of rotatable bonds is 7. The first-order valence-corrected chi connectivity index (χ1v) is 9.26. The fourth-order valence-electron chi connectivity index (χ4n) is 2.32. The predicted octanol–water partition coefficient (Wildman–Crippen LogP) is 1.94. The van der Waals surface area contributed by atoms with Gasteiger partial charge in [0.05, 0.1) is 18.0 Å². The summed E-state index contributed by atoms with van der Waals surface area (Å²) in [4.78, 5) is 0.293. The molecule has 0 radical (unpaired) electrons. The Balaban J connectivity index is 2.39. The van der Waals surface area contributed by atoms with Crippen LogP contribution in [0.15, 0.2) is 21.7 Å². The second kappa shape index (κ2) is 6.91. The minimum Gasteiger partial charge on any atom is -0.383 e. The number of thiophene rings is 1. The summed E-state index contributed by atoms with van der Waals surface area (Å²) in [7, 11) is -0.300. The first kappa shape index (κ1) is 17.1. The van der Waals surface area contributed by atoms with Crippen LogP contribution in [-0.4, -0.2) is 42.8 Å². The van der Waals surface area contributed by atoms with Crippen LogP contribution in [0.25, 0.3) is 0 Å². The molecule has 0 aliphatic rings. The Morgan fingerprint density at radius 2 is 2.14 bits per heavy atom. The summed E-state index contributed by atoms with van der Waals surface area (Å²) in [6.07, 6.45) is 0. The molecular weight excluding hydrogens is 322 g/mol. The molecule has 0 bridgehead atoms. The summed E-state index contributed by atoms with van der Waals surface area (Å²) in [5.41, 5.74) is 2.14.